The fourth-order valence-electron chi connectivity index (χ4n) is 2.17. The zero-order valence-electron chi connectivity index (χ0n) is 13.1. The molecule has 0 aliphatic heterocycles. The normalized spacial score (nSPS) is 10.3. The van der Waals surface area contributed by atoms with E-state index < -0.39 is 4.92 Å². The van der Waals surface area contributed by atoms with Crippen LogP contribution in [0.1, 0.15) is 16.1 Å². The Labute approximate surface area is 142 Å². The zero-order valence-corrected chi connectivity index (χ0v) is 13.1. The van der Waals surface area contributed by atoms with E-state index in [9.17, 15) is 14.9 Å². The van der Waals surface area contributed by atoms with Gasteiger partial charge in [0.05, 0.1) is 4.92 Å². The van der Waals surface area contributed by atoms with Gasteiger partial charge < -0.3 is 4.74 Å². The van der Waals surface area contributed by atoms with Crippen molar-refractivity contribution < 1.29 is 14.5 Å². The van der Waals surface area contributed by atoms with Gasteiger partial charge in [0.2, 0.25) is 11.6 Å². The summed E-state index contributed by atoms with van der Waals surface area (Å²) in [4.78, 5) is 34.1. The average molecular weight is 336 g/mol. The molecule has 0 spiro atoms. The molecule has 2 aromatic heterocycles. The second-order valence-corrected chi connectivity index (χ2v) is 5.12. The van der Waals surface area contributed by atoms with Crippen LogP contribution >= 0.6 is 0 Å². The van der Waals surface area contributed by atoms with Crippen molar-refractivity contribution in [3.05, 3.63) is 70.2 Å². The molecule has 0 unspecified atom stereocenters. The van der Waals surface area contributed by atoms with Gasteiger partial charge in [-0.25, -0.2) is 4.98 Å². The summed E-state index contributed by atoms with van der Waals surface area (Å²) in [6.07, 6.45) is 3.82. The molecule has 0 amide bonds. The SMILES string of the molecule is Cc1cc(Oc2cc(C=O)ccc2[N+](=O)[O-])nc(-c2cccnc2)n1. The van der Waals surface area contributed by atoms with E-state index in [0.717, 1.165) is 0 Å². The number of rotatable bonds is 5. The number of aromatic nitrogens is 3. The molecule has 0 bridgehead atoms. The molecule has 3 aromatic rings. The van der Waals surface area contributed by atoms with E-state index in [2.05, 4.69) is 15.0 Å². The van der Waals surface area contributed by atoms with E-state index in [-0.39, 0.29) is 22.9 Å². The van der Waals surface area contributed by atoms with Crippen LogP contribution in [0.25, 0.3) is 11.4 Å². The number of hydrogen-bond acceptors (Lipinski definition) is 7. The van der Waals surface area contributed by atoms with Gasteiger partial charge in [0, 0.05) is 41.3 Å². The third-order valence-electron chi connectivity index (χ3n) is 3.28. The van der Waals surface area contributed by atoms with E-state index in [0.29, 0.717) is 23.4 Å². The molecule has 0 radical (unpaired) electrons. The highest BCUT2D eigenvalue weighted by Crippen LogP contribution is 2.32. The van der Waals surface area contributed by atoms with Crippen LogP contribution in [0.5, 0.6) is 11.6 Å². The van der Waals surface area contributed by atoms with Crippen LogP contribution in [0, 0.1) is 17.0 Å². The Bertz CT molecular complexity index is 945. The molecule has 0 atom stereocenters. The lowest BCUT2D eigenvalue weighted by molar-refractivity contribution is -0.385. The first-order chi connectivity index (χ1) is 12.1. The smallest absolute Gasteiger partial charge is 0.311 e. The van der Waals surface area contributed by atoms with Crippen LogP contribution in [0.15, 0.2) is 48.8 Å². The predicted molar refractivity (Wildman–Crippen MR) is 88.6 cm³/mol. The number of hydrogen-bond donors (Lipinski definition) is 0. The van der Waals surface area contributed by atoms with Crippen LogP contribution in [-0.2, 0) is 0 Å². The number of carbonyl (C=O) groups excluding carboxylic acids is 1. The number of nitrogens with zero attached hydrogens (tertiary/aromatic N) is 4. The second kappa shape index (κ2) is 6.83. The standard InChI is InChI=1S/C17H12N4O4/c1-11-7-16(20-17(19-11)13-3-2-6-18-9-13)25-15-8-12(10-22)4-5-14(15)21(23)24/h2-10H,1H3. The number of nitro benzene ring substituents is 1. The fraction of sp³-hybridized carbons (Fsp3) is 0.0588. The van der Waals surface area contributed by atoms with Gasteiger partial charge in [0.15, 0.2) is 5.82 Å². The molecule has 8 heteroatoms. The molecular weight excluding hydrogens is 324 g/mol. The van der Waals surface area contributed by atoms with Crippen LogP contribution in [-0.4, -0.2) is 26.2 Å². The number of carbonyl (C=O) groups is 1. The molecule has 0 N–H and O–H groups in total. The molecule has 124 valence electrons. The first kappa shape index (κ1) is 16.2. The molecule has 0 saturated heterocycles. The third-order valence-corrected chi connectivity index (χ3v) is 3.28. The highest BCUT2D eigenvalue weighted by atomic mass is 16.6. The molecule has 25 heavy (non-hydrogen) atoms. The number of aldehydes is 1. The van der Waals surface area contributed by atoms with Crippen molar-refractivity contribution in [1.82, 2.24) is 15.0 Å². The number of nitro groups is 1. The lowest BCUT2D eigenvalue weighted by Crippen LogP contribution is -1.99. The summed E-state index contributed by atoms with van der Waals surface area (Å²) in [6.45, 7) is 1.75. The largest absolute Gasteiger partial charge is 0.432 e. The maximum absolute atomic E-state index is 11.2. The van der Waals surface area contributed by atoms with Crippen molar-refractivity contribution in [2.45, 2.75) is 6.92 Å². The number of ether oxygens (including phenoxy) is 1. The summed E-state index contributed by atoms with van der Waals surface area (Å²) in [6, 6.07) is 8.96. The van der Waals surface area contributed by atoms with Crippen LogP contribution in [0.2, 0.25) is 0 Å². The van der Waals surface area contributed by atoms with Gasteiger partial charge in [-0.15, -0.1) is 0 Å². The van der Waals surface area contributed by atoms with E-state index in [1.165, 1.54) is 18.2 Å². The predicted octanol–water partition coefficient (Wildman–Crippen LogP) is 3.36. The molecule has 2 heterocycles. The van der Waals surface area contributed by atoms with E-state index in [4.69, 9.17) is 4.74 Å². The second-order valence-electron chi connectivity index (χ2n) is 5.12. The van der Waals surface area contributed by atoms with Gasteiger partial charge in [-0.1, -0.05) is 0 Å². The molecule has 0 aliphatic rings. The molecule has 0 aliphatic carbocycles. The maximum atomic E-state index is 11.2. The lowest BCUT2D eigenvalue weighted by Gasteiger charge is -2.08. The summed E-state index contributed by atoms with van der Waals surface area (Å²) in [7, 11) is 0. The minimum absolute atomic E-state index is 0.0650. The van der Waals surface area contributed by atoms with Gasteiger partial charge in [-0.05, 0) is 31.2 Å². The maximum Gasteiger partial charge on any atom is 0.311 e. The minimum Gasteiger partial charge on any atom is -0.432 e. The Balaban J connectivity index is 2.03. The summed E-state index contributed by atoms with van der Waals surface area (Å²) < 4.78 is 5.58. The fourth-order valence-corrected chi connectivity index (χ4v) is 2.17. The summed E-state index contributed by atoms with van der Waals surface area (Å²) in [5.74, 6) is 0.458. The molecule has 3 rings (SSSR count). The summed E-state index contributed by atoms with van der Waals surface area (Å²) >= 11 is 0. The molecule has 0 fully saturated rings. The number of benzene rings is 1. The van der Waals surface area contributed by atoms with Gasteiger partial charge in [0.25, 0.3) is 0 Å². The van der Waals surface area contributed by atoms with Crippen molar-refractivity contribution in [3.8, 4) is 23.0 Å². The number of pyridine rings is 1. The van der Waals surface area contributed by atoms with Gasteiger partial charge in [0.1, 0.15) is 6.29 Å². The van der Waals surface area contributed by atoms with Crippen molar-refractivity contribution in [3.63, 3.8) is 0 Å². The Hall–Kier alpha value is -3.68. The van der Waals surface area contributed by atoms with E-state index in [1.807, 2.05) is 0 Å². The Kier molecular flexibility index (Phi) is 4.42. The van der Waals surface area contributed by atoms with Crippen LogP contribution in [0.4, 0.5) is 5.69 Å². The topological polar surface area (TPSA) is 108 Å². The summed E-state index contributed by atoms with van der Waals surface area (Å²) in [5, 5.41) is 11.2. The Morgan fingerprint density at radius 3 is 2.72 bits per heavy atom. The molecule has 0 saturated carbocycles. The Morgan fingerprint density at radius 1 is 1.20 bits per heavy atom. The van der Waals surface area contributed by atoms with Crippen molar-refractivity contribution in [1.29, 1.82) is 0 Å². The highest BCUT2D eigenvalue weighted by Gasteiger charge is 2.18. The van der Waals surface area contributed by atoms with E-state index >= 15 is 0 Å². The third kappa shape index (κ3) is 3.63. The first-order valence-electron chi connectivity index (χ1n) is 7.24. The lowest BCUT2D eigenvalue weighted by atomic mass is 10.2. The molecular formula is C17H12N4O4. The molecule has 8 nitrogen and oxygen atoms in total. The molecule has 1 aromatic carbocycles. The van der Waals surface area contributed by atoms with Crippen LogP contribution in [0.3, 0.4) is 0 Å². The van der Waals surface area contributed by atoms with Crippen molar-refractivity contribution >= 4 is 12.0 Å². The average Bonchev–Trinajstić information content (AvgIpc) is 2.61. The van der Waals surface area contributed by atoms with Gasteiger partial charge in [-0.3, -0.25) is 19.9 Å². The highest BCUT2D eigenvalue weighted by molar-refractivity contribution is 5.77. The first-order valence-corrected chi connectivity index (χ1v) is 7.24. The Morgan fingerprint density at radius 2 is 2.04 bits per heavy atom. The summed E-state index contributed by atoms with van der Waals surface area (Å²) in [5.41, 5.74) is 1.31. The quantitative estimate of drug-likeness (QED) is 0.399. The minimum atomic E-state index is -0.583. The van der Waals surface area contributed by atoms with Crippen molar-refractivity contribution in [2.75, 3.05) is 0 Å². The van der Waals surface area contributed by atoms with Crippen LogP contribution < -0.4 is 4.74 Å². The van der Waals surface area contributed by atoms with E-state index in [1.54, 1.807) is 37.5 Å². The van der Waals surface area contributed by atoms with Crippen molar-refractivity contribution in [2.24, 2.45) is 0 Å². The van der Waals surface area contributed by atoms with Gasteiger partial charge in [-0.2, -0.15) is 4.98 Å². The van der Waals surface area contributed by atoms with Gasteiger partial charge >= 0.3 is 5.69 Å². The monoisotopic (exact) mass is 336 g/mol. The zero-order chi connectivity index (χ0) is 17.8. The number of aryl methyl sites for hydroxylation is 1.